The van der Waals surface area contributed by atoms with Crippen LogP contribution in [0.2, 0.25) is 0 Å². The smallest absolute Gasteiger partial charge is 0.270 e. The van der Waals surface area contributed by atoms with Crippen molar-refractivity contribution < 1.29 is 19.1 Å². The lowest BCUT2D eigenvalue weighted by atomic mass is 9.75. The van der Waals surface area contributed by atoms with Gasteiger partial charge in [0.25, 0.3) is 5.91 Å². The number of hydrogen-bond donors (Lipinski definition) is 1. The van der Waals surface area contributed by atoms with Gasteiger partial charge in [0.2, 0.25) is 0 Å². The Labute approximate surface area is 171 Å². The maximum atomic E-state index is 13.3. The molecule has 2 aliphatic rings. The molecule has 0 bridgehead atoms. The third kappa shape index (κ3) is 3.63. The van der Waals surface area contributed by atoms with Gasteiger partial charge in [0.15, 0.2) is 17.3 Å². The molecular formula is C23H28N2O4. The topological polar surface area (TPSA) is 71.6 Å². The van der Waals surface area contributed by atoms with Crippen LogP contribution in [0.1, 0.15) is 64.9 Å². The molecule has 0 saturated carbocycles. The van der Waals surface area contributed by atoms with Crippen molar-refractivity contribution in [3.8, 4) is 11.5 Å². The second kappa shape index (κ2) is 7.25. The van der Waals surface area contributed by atoms with Crippen molar-refractivity contribution in [2.45, 2.75) is 47.1 Å². The summed E-state index contributed by atoms with van der Waals surface area (Å²) in [5, 5.41) is 0. The third-order valence-corrected chi connectivity index (χ3v) is 5.76. The van der Waals surface area contributed by atoms with Gasteiger partial charge in [-0.15, -0.1) is 0 Å². The fourth-order valence-corrected chi connectivity index (χ4v) is 4.34. The Morgan fingerprint density at radius 3 is 2.62 bits per heavy atom. The highest BCUT2D eigenvalue weighted by Gasteiger charge is 2.35. The average Bonchev–Trinajstić information content (AvgIpc) is 3.00. The Kier molecular flexibility index (Phi) is 4.89. The minimum absolute atomic E-state index is 0.0834. The quantitative estimate of drug-likeness (QED) is 0.850. The Balaban J connectivity index is 1.59. The van der Waals surface area contributed by atoms with Crippen molar-refractivity contribution in [1.82, 2.24) is 9.88 Å². The van der Waals surface area contributed by atoms with Crippen LogP contribution in [0.3, 0.4) is 0 Å². The first-order valence-corrected chi connectivity index (χ1v) is 10.2. The summed E-state index contributed by atoms with van der Waals surface area (Å²) in [5.74, 6) is 1.50. The largest absolute Gasteiger partial charge is 0.486 e. The zero-order valence-electron chi connectivity index (χ0n) is 17.6. The molecular weight excluding hydrogens is 368 g/mol. The fourth-order valence-electron chi connectivity index (χ4n) is 4.34. The molecule has 0 unspecified atom stereocenters. The van der Waals surface area contributed by atoms with Crippen LogP contribution >= 0.6 is 0 Å². The number of hydrogen-bond acceptors (Lipinski definition) is 4. The molecule has 6 heteroatoms. The first kappa shape index (κ1) is 19.6. The van der Waals surface area contributed by atoms with Gasteiger partial charge < -0.3 is 19.4 Å². The predicted octanol–water partition coefficient (Wildman–Crippen LogP) is 3.91. The number of H-pyrrole nitrogens is 1. The van der Waals surface area contributed by atoms with E-state index in [1.54, 1.807) is 4.90 Å². The van der Waals surface area contributed by atoms with E-state index in [9.17, 15) is 9.59 Å². The lowest BCUT2D eigenvalue weighted by molar-refractivity contribution is 0.0745. The van der Waals surface area contributed by atoms with Gasteiger partial charge in [0, 0.05) is 30.8 Å². The number of rotatable bonds is 4. The molecule has 0 atom stereocenters. The molecule has 0 saturated heterocycles. The molecule has 0 radical (unpaired) electrons. The van der Waals surface area contributed by atoms with E-state index in [1.807, 2.05) is 32.0 Å². The maximum absolute atomic E-state index is 13.3. The van der Waals surface area contributed by atoms with Crippen molar-refractivity contribution in [2.24, 2.45) is 5.41 Å². The Morgan fingerprint density at radius 2 is 1.90 bits per heavy atom. The first-order chi connectivity index (χ1) is 13.8. The SMILES string of the molecule is CCN(Cc1ccc2c(c1)OCCO2)C(=O)c1[nH]c2c(c1C)C(=O)CC(C)(C)C2. The van der Waals surface area contributed by atoms with Crippen LogP contribution in [0.25, 0.3) is 0 Å². The number of carbonyl (C=O) groups excluding carboxylic acids is 2. The Hall–Kier alpha value is -2.76. The number of ether oxygens (including phenoxy) is 2. The molecule has 1 aromatic carbocycles. The molecule has 0 spiro atoms. The standard InChI is InChI=1S/C23H28N2O4/c1-5-25(13-15-6-7-18-19(10-15)29-9-8-28-18)22(27)21-14(2)20-16(24-21)11-23(3,4)12-17(20)26/h6-7,10,24H,5,8-9,11-13H2,1-4H3. The number of aromatic nitrogens is 1. The van der Waals surface area contributed by atoms with E-state index in [2.05, 4.69) is 18.8 Å². The van der Waals surface area contributed by atoms with Crippen molar-refractivity contribution in [2.75, 3.05) is 19.8 Å². The molecule has 1 N–H and O–H groups in total. The van der Waals surface area contributed by atoms with E-state index >= 15 is 0 Å². The molecule has 4 rings (SSSR count). The number of fused-ring (bicyclic) bond motifs is 2. The van der Waals surface area contributed by atoms with Gasteiger partial charge >= 0.3 is 0 Å². The van der Waals surface area contributed by atoms with Crippen molar-refractivity contribution >= 4 is 11.7 Å². The summed E-state index contributed by atoms with van der Waals surface area (Å²) in [6.45, 7) is 10.1. The highest BCUT2D eigenvalue weighted by molar-refractivity contribution is 6.04. The van der Waals surface area contributed by atoms with E-state index in [4.69, 9.17) is 9.47 Å². The highest BCUT2D eigenvalue weighted by Crippen LogP contribution is 2.37. The van der Waals surface area contributed by atoms with Gasteiger partial charge in [-0.1, -0.05) is 19.9 Å². The summed E-state index contributed by atoms with van der Waals surface area (Å²) in [4.78, 5) is 31.0. The number of Topliss-reactive ketones (excluding diaryl/α,β-unsaturated/α-hetero) is 1. The zero-order chi connectivity index (χ0) is 20.8. The van der Waals surface area contributed by atoms with Gasteiger partial charge in [0.1, 0.15) is 18.9 Å². The monoisotopic (exact) mass is 396 g/mol. The lowest BCUT2D eigenvalue weighted by Gasteiger charge is -2.28. The molecule has 1 amide bonds. The van der Waals surface area contributed by atoms with Crippen LogP contribution in [0.15, 0.2) is 18.2 Å². The minimum atomic E-state index is -0.0860. The third-order valence-electron chi connectivity index (χ3n) is 5.76. The Bertz CT molecular complexity index is 973. The van der Waals surface area contributed by atoms with Crippen molar-refractivity contribution in [3.63, 3.8) is 0 Å². The minimum Gasteiger partial charge on any atom is -0.486 e. The number of ketones is 1. The summed E-state index contributed by atoms with van der Waals surface area (Å²) in [6.07, 6.45) is 1.29. The number of aromatic amines is 1. The number of amides is 1. The van der Waals surface area contributed by atoms with Crippen LogP contribution in [0, 0.1) is 12.3 Å². The zero-order valence-corrected chi connectivity index (χ0v) is 17.6. The van der Waals surface area contributed by atoms with E-state index in [0.717, 1.165) is 34.7 Å². The molecule has 1 aliphatic carbocycles. The van der Waals surface area contributed by atoms with E-state index < -0.39 is 0 Å². The summed E-state index contributed by atoms with van der Waals surface area (Å²) < 4.78 is 11.2. The molecule has 0 fully saturated rings. The number of benzene rings is 1. The van der Waals surface area contributed by atoms with Gasteiger partial charge in [-0.25, -0.2) is 0 Å². The second-order valence-electron chi connectivity index (χ2n) is 8.72. The number of nitrogens with one attached hydrogen (secondary N) is 1. The molecule has 29 heavy (non-hydrogen) atoms. The Morgan fingerprint density at radius 1 is 1.17 bits per heavy atom. The number of carbonyl (C=O) groups is 2. The van der Waals surface area contributed by atoms with Crippen LogP contribution in [-0.2, 0) is 13.0 Å². The van der Waals surface area contributed by atoms with E-state index in [-0.39, 0.29) is 17.1 Å². The molecule has 6 nitrogen and oxygen atoms in total. The summed E-state index contributed by atoms with van der Waals surface area (Å²) >= 11 is 0. The van der Waals surface area contributed by atoms with Crippen LogP contribution < -0.4 is 9.47 Å². The van der Waals surface area contributed by atoms with Crippen molar-refractivity contribution in [1.29, 1.82) is 0 Å². The number of nitrogens with zero attached hydrogens (tertiary/aromatic N) is 1. The molecule has 1 aliphatic heterocycles. The fraction of sp³-hybridized carbons (Fsp3) is 0.478. The molecule has 1 aromatic heterocycles. The molecule has 2 heterocycles. The van der Waals surface area contributed by atoms with Crippen molar-refractivity contribution in [3.05, 3.63) is 46.3 Å². The lowest BCUT2D eigenvalue weighted by Crippen LogP contribution is -2.31. The second-order valence-corrected chi connectivity index (χ2v) is 8.72. The maximum Gasteiger partial charge on any atom is 0.270 e. The van der Waals surface area contributed by atoms with Gasteiger partial charge in [-0.2, -0.15) is 0 Å². The first-order valence-electron chi connectivity index (χ1n) is 10.2. The van der Waals surface area contributed by atoms with Crippen LogP contribution in [0.4, 0.5) is 0 Å². The molecule has 154 valence electrons. The predicted molar refractivity (Wildman–Crippen MR) is 110 cm³/mol. The molecule has 2 aromatic rings. The average molecular weight is 396 g/mol. The van der Waals surface area contributed by atoms with Gasteiger partial charge in [-0.3, -0.25) is 9.59 Å². The van der Waals surface area contributed by atoms with Gasteiger partial charge in [0.05, 0.1) is 0 Å². The summed E-state index contributed by atoms with van der Waals surface area (Å²) in [6, 6.07) is 5.78. The summed E-state index contributed by atoms with van der Waals surface area (Å²) in [5.41, 5.74) is 3.80. The van der Waals surface area contributed by atoms with Gasteiger partial charge in [-0.05, 0) is 48.9 Å². The summed E-state index contributed by atoms with van der Waals surface area (Å²) in [7, 11) is 0. The normalized spacial score (nSPS) is 17.0. The van der Waals surface area contributed by atoms with E-state index in [1.165, 1.54) is 0 Å². The van der Waals surface area contributed by atoms with Crippen LogP contribution in [-0.4, -0.2) is 41.3 Å². The van der Waals surface area contributed by atoms with E-state index in [0.29, 0.717) is 44.0 Å². The van der Waals surface area contributed by atoms with Crippen LogP contribution in [0.5, 0.6) is 11.5 Å². The highest BCUT2D eigenvalue weighted by atomic mass is 16.6.